The maximum Gasteiger partial charge on any atom is 0.332 e. The van der Waals surface area contributed by atoms with E-state index in [4.69, 9.17) is 5.73 Å². The van der Waals surface area contributed by atoms with Crippen molar-refractivity contribution in [1.82, 2.24) is 4.90 Å². The number of imide groups is 1. The summed E-state index contributed by atoms with van der Waals surface area (Å²) in [5.41, 5.74) is 6.27. The van der Waals surface area contributed by atoms with Crippen LogP contribution in [0.5, 0.6) is 0 Å². The Morgan fingerprint density at radius 2 is 1.95 bits per heavy atom. The molecule has 102 valence electrons. The molecule has 0 saturated carbocycles. The second-order valence-corrected chi connectivity index (χ2v) is 5.10. The molecule has 2 rings (SSSR count). The number of benzene rings is 1. The molecule has 5 heteroatoms. The third-order valence-corrected chi connectivity index (χ3v) is 3.54. The number of amides is 3. The molecule has 1 aromatic carbocycles. The molecular formula is C14H19N3O2. The van der Waals surface area contributed by atoms with Gasteiger partial charge in [0.25, 0.3) is 5.91 Å². The van der Waals surface area contributed by atoms with Crippen LogP contribution in [0.1, 0.15) is 26.3 Å². The average Bonchev–Trinajstić information content (AvgIpc) is 2.56. The molecule has 19 heavy (non-hydrogen) atoms. The van der Waals surface area contributed by atoms with Crippen molar-refractivity contribution < 1.29 is 9.59 Å². The van der Waals surface area contributed by atoms with Gasteiger partial charge >= 0.3 is 6.03 Å². The third kappa shape index (κ3) is 2.00. The zero-order valence-corrected chi connectivity index (χ0v) is 11.5. The van der Waals surface area contributed by atoms with Crippen molar-refractivity contribution in [3.63, 3.8) is 0 Å². The summed E-state index contributed by atoms with van der Waals surface area (Å²) in [5.74, 6) is -0.200. The highest BCUT2D eigenvalue weighted by Crippen LogP contribution is 2.31. The van der Waals surface area contributed by atoms with Crippen LogP contribution < -0.4 is 10.6 Å². The first-order chi connectivity index (χ1) is 8.93. The molecule has 0 bridgehead atoms. The van der Waals surface area contributed by atoms with Gasteiger partial charge in [-0.1, -0.05) is 12.1 Å². The van der Waals surface area contributed by atoms with Gasteiger partial charge in [-0.2, -0.15) is 0 Å². The lowest BCUT2D eigenvalue weighted by Crippen LogP contribution is -2.43. The van der Waals surface area contributed by atoms with Gasteiger partial charge in [-0.25, -0.2) is 9.69 Å². The maximum atomic E-state index is 12.4. The van der Waals surface area contributed by atoms with E-state index in [-0.39, 0.29) is 11.9 Å². The van der Waals surface area contributed by atoms with Gasteiger partial charge in [0.1, 0.15) is 5.54 Å². The lowest BCUT2D eigenvalue weighted by atomic mass is 10.0. The number of urea groups is 1. The predicted molar refractivity (Wildman–Crippen MR) is 73.7 cm³/mol. The summed E-state index contributed by atoms with van der Waals surface area (Å²) in [6.07, 6.45) is 0. The smallest absolute Gasteiger partial charge is 0.326 e. The van der Waals surface area contributed by atoms with E-state index >= 15 is 0 Å². The van der Waals surface area contributed by atoms with Crippen LogP contribution in [0.2, 0.25) is 0 Å². The summed E-state index contributed by atoms with van der Waals surface area (Å²) in [6, 6.07) is 6.94. The maximum absolute atomic E-state index is 12.4. The topological polar surface area (TPSA) is 66.6 Å². The fourth-order valence-electron chi connectivity index (χ4n) is 2.42. The minimum atomic E-state index is -0.801. The van der Waals surface area contributed by atoms with E-state index in [2.05, 4.69) is 0 Å². The molecule has 0 radical (unpaired) electrons. The van der Waals surface area contributed by atoms with Gasteiger partial charge in [0.05, 0.1) is 5.69 Å². The highest BCUT2D eigenvalue weighted by Gasteiger charge is 2.51. The monoisotopic (exact) mass is 261 g/mol. The summed E-state index contributed by atoms with van der Waals surface area (Å²) in [4.78, 5) is 27.6. The Labute approximate surface area is 113 Å². The number of carbonyl (C=O) groups excluding carboxylic acids is 2. The lowest BCUT2D eigenvalue weighted by molar-refractivity contribution is -0.123. The van der Waals surface area contributed by atoms with E-state index < -0.39 is 5.54 Å². The molecule has 0 atom stereocenters. The molecule has 1 saturated heterocycles. The van der Waals surface area contributed by atoms with Crippen LogP contribution in [0.25, 0.3) is 0 Å². The molecule has 5 nitrogen and oxygen atoms in total. The van der Waals surface area contributed by atoms with Gasteiger partial charge in [0, 0.05) is 13.1 Å². The van der Waals surface area contributed by atoms with Gasteiger partial charge in [-0.3, -0.25) is 4.79 Å². The van der Waals surface area contributed by atoms with Crippen molar-refractivity contribution in [3.05, 3.63) is 29.8 Å². The summed E-state index contributed by atoms with van der Waals surface area (Å²) in [7, 11) is 0. The molecule has 1 aliphatic rings. The SMILES string of the molecule is CCN1C(=O)N(c2cccc(CN)c2)C(=O)C1(C)C. The van der Waals surface area contributed by atoms with Crippen molar-refractivity contribution in [2.24, 2.45) is 5.73 Å². The first kappa shape index (κ1) is 13.5. The van der Waals surface area contributed by atoms with Crippen LogP contribution in [0.15, 0.2) is 24.3 Å². The van der Waals surface area contributed by atoms with Gasteiger partial charge < -0.3 is 10.6 Å². The first-order valence-corrected chi connectivity index (χ1v) is 6.38. The third-order valence-electron chi connectivity index (χ3n) is 3.54. The molecular weight excluding hydrogens is 242 g/mol. The highest BCUT2D eigenvalue weighted by atomic mass is 16.2. The molecule has 1 fully saturated rings. The Morgan fingerprint density at radius 1 is 1.26 bits per heavy atom. The zero-order valence-electron chi connectivity index (χ0n) is 11.5. The lowest BCUT2D eigenvalue weighted by Gasteiger charge is -2.25. The Kier molecular flexibility index (Phi) is 3.32. The number of anilines is 1. The molecule has 1 aliphatic heterocycles. The predicted octanol–water partition coefficient (Wildman–Crippen LogP) is 1.71. The van der Waals surface area contributed by atoms with Crippen molar-refractivity contribution in [1.29, 1.82) is 0 Å². The highest BCUT2D eigenvalue weighted by molar-refractivity contribution is 6.22. The molecule has 0 aromatic heterocycles. The van der Waals surface area contributed by atoms with E-state index in [0.717, 1.165) is 5.56 Å². The summed E-state index contributed by atoms with van der Waals surface area (Å²) >= 11 is 0. The molecule has 3 amide bonds. The number of nitrogens with two attached hydrogens (primary N) is 1. The van der Waals surface area contributed by atoms with Crippen molar-refractivity contribution in [3.8, 4) is 0 Å². The number of rotatable bonds is 3. The Morgan fingerprint density at radius 3 is 2.47 bits per heavy atom. The molecule has 2 N–H and O–H groups in total. The Balaban J connectivity index is 2.45. The van der Waals surface area contributed by atoms with Gasteiger partial charge in [-0.05, 0) is 38.5 Å². The van der Waals surface area contributed by atoms with Crippen molar-refractivity contribution >= 4 is 17.6 Å². The Hall–Kier alpha value is -1.88. The first-order valence-electron chi connectivity index (χ1n) is 6.38. The van der Waals surface area contributed by atoms with Crippen LogP contribution in [0, 0.1) is 0 Å². The van der Waals surface area contributed by atoms with Crippen LogP contribution in [0.4, 0.5) is 10.5 Å². The summed E-state index contributed by atoms with van der Waals surface area (Å²) in [6.45, 7) is 6.29. The number of hydrogen-bond acceptors (Lipinski definition) is 3. The van der Waals surface area contributed by atoms with E-state index in [1.807, 2.05) is 13.0 Å². The molecule has 0 unspecified atom stereocenters. The number of hydrogen-bond donors (Lipinski definition) is 1. The van der Waals surface area contributed by atoms with E-state index in [1.165, 1.54) is 4.90 Å². The minimum Gasteiger partial charge on any atom is -0.326 e. The van der Waals surface area contributed by atoms with Gasteiger partial charge in [-0.15, -0.1) is 0 Å². The number of nitrogens with zero attached hydrogens (tertiary/aromatic N) is 2. The molecule has 1 heterocycles. The molecule has 0 spiro atoms. The zero-order chi connectivity index (χ0) is 14.2. The van der Waals surface area contributed by atoms with Crippen molar-refractivity contribution in [2.45, 2.75) is 32.9 Å². The largest absolute Gasteiger partial charge is 0.332 e. The van der Waals surface area contributed by atoms with E-state index in [1.54, 1.807) is 36.9 Å². The number of likely N-dealkylation sites (N-methyl/N-ethyl adjacent to an activating group) is 1. The van der Waals surface area contributed by atoms with Crippen LogP contribution in [-0.2, 0) is 11.3 Å². The summed E-state index contributed by atoms with van der Waals surface area (Å²) < 4.78 is 0. The number of carbonyl (C=O) groups is 2. The fraction of sp³-hybridized carbons (Fsp3) is 0.429. The van der Waals surface area contributed by atoms with E-state index in [0.29, 0.717) is 18.8 Å². The van der Waals surface area contributed by atoms with Crippen molar-refractivity contribution in [2.75, 3.05) is 11.4 Å². The minimum absolute atomic E-state index is 0.200. The second kappa shape index (κ2) is 4.66. The fourth-order valence-corrected chi connectivity index (χ4v) is 2.42. The second-order valence-electron chi connectivity index (χ2n) is 5.10. The van der Waals surface area contributed by atoms with Gasteiger partial charge in [0.15, 0.2) is 0 Å². The molecule has 1 aromatic rings. The average molecular weight is 261 g/mol. The molecule has 0 aliphatic carbocycles. The Bertz CT molecular complexity index is 525. The van der Waals surface area contributed by atoms with E-state index in [9.17, 15) is 9.59 Å². The quantitative estimate of drug-likeness (QED) is 0.842. The van der Waals surface area contributed by atoms with Crippen LogP contribution in [0.3, 0.4) is 0 Å². The van der Waals surface area contributed by atoms with Gasteiger partial charge in [0.2, 0.25) is 0 Å². The summed E-state index contributed by atoms with van der Waals surface area (Å²) in [5, 5.41) is 0. The normalized spacial score (nSPS) is 18.3. The standard InChI is InChI=1S/C14H19N3O2/c1-4-16-13(19)17(12(18)14(16,2)3)11-7-5-6-10(8-11)9-15/h5-8H,4,9,15H2,1-3H3. The van der Waals surface area contributed by atoms with Crippen LogP contribution in [-0.4, -0.2) is 28.9 Å². The van der Waals surface area contributed by atoms with Crippen LogP contribution >= 0.6 is 0 Å².